The van der Waals surface area contributed by atoms with Gasteiger partial charge in [-0.2, -0.15) is 4.72 Å². The lowest BCUT2D eigenvalue weighted by Crippen LogP contribution is -2.48. The third-order valence-corrected chi connectivity index (χ3v) is 6.81. The van der Waals surface area contributed by atoms with Crippen molar-refractivity contribution in [2.24, 2.45) is 0 Å². The van der Waals surface area contributed by atoms with Crippen LogP contribution in [0.1, 0.15) is 33.5 Å². The third kappa shape index (κ3) is 4.15. The molecule has 0 heterocycles. The molecule has 1 aliphatic carbocycles. The predicted molar refractivity (Wildman–Crippen MR) is 115 cm³/mol. The fraction of sp³-hybridized carbons (Fsp3) is 0.167. The molecule has 1 unspecified atom stereocenters. The van der Waals surface area contributed by atoms with Gasteiger partial charge in [0.2, 0.25) is 15.7 Å². The normalized spacial score (nSPS) is 17.7. The van der Waals surface area contributed by atoms with Crippen LogP contribution in [0.25, 0.3) is 0 Å². The molecule has 0 saturated heterocycles. The highest BCUT2D eigenvalue weighted by Crippen LogP contribution is 2.39. The van der Waals surface area contributed by atoms with Gasteiger partial charge in [0.05, 0.1) is 4.90 Å². The summed E-state index contributed by atoms with van der Waals surface area (Å²) < 4.78 is 34.5. The van der Waals surface area contributed by atoms with Crippen LogP contribution < -0.4 is 4.72 Å². The van der Waals surface area contributed by atoms with Crippen LogP contribution in [-0.4, -0.2) is 20.2 Å². The second-order valence-corrected chi connectivity index (χ2v) is 9.17. The zero-order valence-corrected chi connectivity index (χ0v) is 17.7. The lowest BCUT2D eigenvalue weighted by Gasteiger charge is -2.30. The number of rotatable bonds is 6. The number of sulfonamides is 1. The molecule has 1 atom stereocenters. The molecule has 7 heteroatoms. The van der Waals surface area contributed by atoms with E-state index in [1.807, 2.05) is 19.1 Å². The molecule has 0 spiro atoms. The van der Waals surface area contributed by atoms with E-state index >= 15 is 0 Å². The number of Topliss-reactive ketones (excluding diaryl/α,β-unsaturated/α-hetero) is 1. The van der Waals surface area contributed by atoms with Crippen LogP contribution in [0.2, 0.25) is 0 Å². The molecule has 0 fully saturated rings. The van der Waals surface area contributed by atoms with E-state index in [-0.39, 0.29) is 16.9 Å². The molecule has 6 nitrogen and oxygen atoms in total. The smallest absolute Gasteiger partial charge is 0.381 e. The highest BCUT2D eigenvalue weighted by molar-refractivity contribution is 7.89. The fourth-order valence-electron chi connectivity index (χ4n) is 3.72. The molecule has 0 aromatic heterocycles. The van der Waals surface area contributed by atoms with Gasteiger partial charge in [-0.1, -0.05) is 72.3 Å². The predicted octanol–water partition coefficient (Wildman–Crippen LogP) is 3.50. The van der Waals surface area contributed by atoms with Crippen LogP contribution in [0.3, 0.4) is 0 Å². The average molecular weight is 436 g/mol. The minimum atomic E-state index is -4.04. The molecule has 4 rings (SSSR count). The van der Waals surface area contributed by atoms with Gasteiger partial charge in [-0.15, -0.1) is 0 Å². The quantitative estimate of drug-likeness (QED) is 0.277. The van der Waals surface area contributed by atoms with Crippen molar-refractivity contribution in [3.63, 3.8) is 0 Å². The number of ketones is 1. The number of fused-ring (bicyclic) bond motifs is 1. The van der Waals surface area contributed by atoms with E-state index in [9.17, 15) is 18.0 Å². The topological polar surface area (TPSA) is 89.5 Å². The van der Waals surface area contributed by atoms with Crippen molar-refractivity contribution >= 4 is 21.8 Å². The molecule has 31 heavy (non-hydrogen) atoms. The van der Waals surface area contributed by atoms with Gasteiger partial charge in [-0.25, -0.2) is 13.2 Å². The summed E-state index contributed by atoms with van der Waals surface area (Å²) >= 11 is 0. The van der Waals surface area contributed by atoms with Crippen LogP contribution in [0.15, 0.2) is 83.8 Å². The van der Waals surface area contributed by atoms with Gasteiger partial charge in [0.1, 0.15) is 0 Å². The van der Waals surface area contributed by atoms with E-state index in [1.54, 1.807) is 42.5 Å². The number of ether oxygens (including phenoxy) is 1. The fourth-order valence-corrected chi connectivity index (χ4v) is 5.02. The molecule has 158 valence electrons. The minimum Gasteiger partial charge on any atom is -0.432 e. The van der Waals surface area contributed by atoms with Gasteiger partial charge >= 0.3 is 5.97 Å². The molecule has 1 N–H and O–H groups in total. The summed E-state index contributed by atoms with van der Waals surface area (Å²) in [5.74, 6) is -1.95. The lowest BCUT2D eigenvalue weighted by atomic mass is 10.1. The van der Waals surface area contributed by atoms with Crippen molar-refractivity contribution in [3.05, 3.63) is 101 Å². The van der Waals surface area contributed by atoms with Crippen molar-refractivity contribution in [1.29, 1.82) is 0 Å². The maximum absolute atomic E-state index is 13.1. The molecular weight excluding hydrogens is 414 g/mol. The number of benzene rings is 3. The number of carbonyl (C=O) groups excluding carboxylic acids is 2. The Labute approximate surface area is 180 Å². The van der Waals surface area contributed by atoms with E-state index in [0.717, 1.165) is 11.1 Å². The molecule has 3 aromatic rings. The average Bonchev–Trinajstić information content (AvgIpc) is 3.11. The van der Waals surface area contributed by atoms with E-state index in [2.05, 4.69) is 4.72 Å². The molecule has 0 amide bonds. The Morgan fingerprint density at radius 1 is 0.903 bits per heavy atom. The van der Waals surface area contributed by atoms with Crippen molar-refractivity contribution in [2.75, 3.05) is 0 Å². The summed E-state index contributed by atoms with van der Waals surface area (Å²) in [6.45, 7) is 1.86. The van der Waals surface area contributed by atoms with Gasteiger partial charge in [0, 0.05) is 17.5 Å². The van der Waals surface area contributed by atoms with Crippen LogP contribution in [0.5, 0.6) is 0 Å². The summed E-state index contributed by atoms with van der Waals surface area (Å²) in [6, 6.07) is 21.5. The Kier molecular flexibility index (Phi) is 5.47. The van der Waals surface area contributed by atoms with Crippen LogP contribution in [-0.2, 0) is 31.7 Å². The molecule has 0 aliphatic heterocycles. The Bertz CT molecular complexity index is 1240. The van der Waals surface area contributed by atoms with E-state index in [1.165, 1.54) is 24.3 Å². The monoisotopic (exact) mass is 435 g/mol. The van der Waals surface area contributed by atoms with Gasteiger partial charge in [0.25, 0.3) is 5.78 Å². The first kappa shape index (κ1) is 21.0. The van der Waals surface area contributed by atoms with Gasteiger partial charge in [0.15, 0.2) is 0 Å². The minimum absolute atomic E-state index is 0.0484. The van der Waals surface area contributed by atoms with Crippen LogP contribution >= 0.6 is 0 Å². The van der Waals surface area contributed by atoms with Crippen molar-refractivity contribution in [3.8, 4) is 0 Å². The number of hydrogen-bond donors (Lipinski definition) is 1. The lowest BCUT2D eigenvalue weighted by molar-refractivity contribution is -0.156. The van der Waals surface area contributed by atoms with E-state index < -0.39 is 27.5 Å². The molecule has 1 aliphatic rings. The Morgan fingerprint density at radius 3 is 2.26 bits per heavy atom. The summed E-state index contributed by atoms with van der Waals surface area (Å²) in [6.07, 6.45) is 0.685. The first-order chi connectivity index (χ1) is 14.8. The Morgan fingerprint density at radius 2 is 1.55 bits per heavy atom. The molecule has 0 bridgehead atoms. The third-order valence-electron chi connectivity index (χ3n) is 5.32. The molecule has 3 aromatic carbocycles. The summed E-state index contributed by atoms with van der Waals surface area (Å²) in [4.78, 5) is 25.4. The summed E-state index contributed by atoms with van der Waals surface area (Å²) in [5, 5.41) is 0. The van der Waals surface area contributed by atoms with Crippen LogP contribution in [0.4, 0.5) is 0 Å². The Balaban J connectivity index is 1.71. The summed E-state index contributed by atoms with van der Waals surface area (Å²) in [5.41, 5.74) is 0.811. The number of hydrogen-bond acceptors (Lipinski definition) is 5. The molecular formula is C24H21NO5S. The number of nitrogens with one attached hydrogen (secondary N) is 1. The van der Waals surface area contributed by atoms with E-state index in [4.69, 9.17) is 4.74 Å². The zero-order valence-electron chi connectivity index (χ0n) is 16.9. The maximum Gasteiger partial charge on any atom is 0.381 e. The van der Waals surface area contributed by atoms with Gasteiger partial charge < -0.3 is 4.74 Å². The van der Waals surface area contributed by atoms with Gasteiger partial charge in [-0.05, 0) is 31.0 Å². The van der Waals surface area contributed by atoms with Crippen molar-refractivity contribution < 1.29 is 22.7 Å². The maximum atomic E-state index is 13.1. The Hall–Kier alpha value is -3.29. The largest absolute Gasteiger partial charge is 0.432 e. The summed E-state index contributed by atoms with van der Waals surface area (Å²) in [7, 11) is -4.04. The first-order valence-corrected chi connectivity index (χ1v) is 11.3. The first-order valence-electron chi connectivity index (χ1n) is 9.82. The number of esters is 1. The van der Waals surface area contributed by atoms with Crippen LogP contribution in [0, 0.1) is 6.92 Å². The SMILES string of the molecule is Cc1ccc(S(=O)(=O)NC2(OC(=O)C(=O)c3ccccc3)CCc3ccccc32)cc1. The highest BCUT2D eigenvalue weighted by atomic mass is 32.2. The van der Waals surface area contributed by atoms with Gasteiger partial charge in [-0.3, -0.25) is 4.79 Å². The van der Waals surface area contributed by atoms with Crippen molar-refractivity contribution in [1.82, 2.24) is 4.72 Å². The second kappa shape index (κ2) is 8.09. The highest BCUT2D eigenvalue weighted by Gasteiger charge is 2.46. The number of aryl methyl sites for hydroxylation is 2. The standard InChI is InChI=1S/C24H21NO5S/c1-17-11-13-20(14-12-17)31(28,29)25-24(16-15-18-7-5-6-10-21(18)24)30-23(27)22(26)19-8-3-2-4-9-19/h2-14,25H,15-16H2,1H3. The zero-order chi connectivity index (χ0) is 22.1. The van der Waals surface area contributed by atoms with Crippen molar-refractivity contribution in [2.45, 2.75) is 30.4 Å². The molecule has 0 radical (unpaired) electrons. The number of carbonyl (C=O) groups is 2. The second-order valence-electron chi connectivity index (χ2n) is 7.49. The molecule has 0 saturated carbocycles. The van der Waals surface area contributed by atoms with E-state index in [0.29, 0.717) is 12.0 Å².